The third-order valence-electron chi connectivity index (χ3n) is 3.80. The Balaban J connectivity index is 1.69. The highest BCUT2D eigenvalue weighted by molar-refractivity contribution is 8.18. The Hall–Kier alpha value is -2.08. The summed E-state index contributed by atoms with van der Waals surface area (Å²) in [4.78, 5) is 28.3. The van der Waals surface area contributed by atoms with Crippen LogP contribution in [0.25, 0.3) is 6.08 Å². The fourth-order valence-electron chi connectivity index (χ4n) is 2.70. The lowest BCUT2D eigenvalue weighted by Crippen LogP contribution is -2.21. The lowest BCUT2D eigenvalue weighted by molar-refractivity contribution is -0.115. The van der Waals surface area contributed by atoms with Crippen LogP contribution in [0.4, 0.5) is 5.69 Å². The zero-order chi connectivity index (χ0) is 16.2. The second-order valence-corrected chi connectivity index (χ2v) is 6.77. The van der Waals surface area contributed by atoms with Crippen molar-refractivity contribution in [3.63, 3.8) is 0 Å². The summed E-state index contributed by atoms with van der Waals surface area (Å²) in [6, 6.07) is 7.74. The largest absolute Gasteiger partial charge is 0.326 e. The molecule has 0 aromatic heterocycles. The molecule has 1 aliphatic heterocycles. The summed E-state index contributed by atoms with van der Waals surface area (Å²) >= 11 is 1.40. The van der Waals surface area contributed by atoms with Crippen molar-refractivity contribution in [2.45, 2.75) is 38.6 Å². The van der Waals surface area contributed by atoms with Crippen LogP contribution in [0.2, 0.25) is 0 Å². The van der Waals surface area contributed by atoms with Crippen LogP contribution in [0.1, 0.15) is 38.2 Å². The normalized spacial score (nSPS) is 21.9. The third-order valence-corrected chi connectivity index (χ3v) is 4.73. The minimum Gasteiger partial charge on any atom is -0.326 e. The molecule has 2 fully saturated rings. The number of thioether (sulfide) groups is 1. The summed E-state index contributed by atoms with van der Waals surface area (Å²) in [6.07, 6.45) is 6.52. The molecule has 2 amide bonds. The molecule has 2 N–H and O–H groups in total. The Labute approximate surface area is 139 Å². The summed E-state index contributed by atoms with van der Waals surface area (Å²) in [6.45, 7) is 1.47. The fourth-order valence-corrected chi connectivity index (χ4v) is 3.60. The number of aliphatic imine (C=N–C) groups is 1. The Kier molecular flexibility index (Phi) is 4.81. The standard InChI is InChI=1S/C17H19N3O2S/c1-11(21)18-14-8-6-12(7-9-14)10-15-16(22)20-17(23-15)19-13-4-2-3-5-13/h6-10,13H,2-5H2,1H3,(H,18,21)(H,19,20,22)/b15-10+. The van der Waals surface area contributed by atoms with Crippen LogP contribution in [-0.4, -0.2) is 23.0 Å². The number of nitrogens with one attached hydrogen (secondary N) is 2. The molecule has 23 heavy (non-hydrogen) atoms. The van der Waals surface area contributed by atoms with E-state index in [0.29, 0.717) is 16.1 Å². The van der Waals surface area contributed by atoms with Crippen LogP contribution in [0, 0.1) is 0 Å². The van der Waals surface area contributed by atoms with E-state index in [4.69, 9.17) is 0 Å². The van der Waals surface area contributed by atoms with Crippen molar-refractivity contribution in [2.75, 3.05) is 5.32 Å². The lowest BCUT2D eigenvalue weighted by atomic mass is 10.2. The third kappa shape index (κ3) is 4.22. The molecule has 120 valence electrons. The molecule has 6 heteroatoms. The van der Waals surface area contributed by atoms with E-state index < -0.39 is 0 Å². The van der Waals surface area contributed by atoms with Crippen molar-refractivity contribution in [2.24, 2.45) is 4.99 Å². The van der Waals surface area contributed by atoms with Gasteiger partial charge in [0, 0.05) is 12.6 Å². The van der Waals surface area contributed by atoms with Crippen LogP contribution in [0.15, 0.2) is 34.2 Å². The quantitative estimate of drug-likeness (QED) is 0.837. The smallest absolute Gasteiger partial charge is 0.264 e. The van der Waals surface area contributed by atoms with Gasteiger partial charge in [0.15, 0.2) is 5.17 Å². The second kappa shape index (κ2) is 7.00. The van der Waals surface area contributed by atoms with Gasteiger partial charge in [-0.1, -0.05) is 25.0 Å². The Morgan fingerprint density at radius 2 is 2.00 bits per heavy atom. The van der Waals surface area contributed by atoms with E-state index in [1.54, 1.807) is 0 Å². The first-order valence-corrected chi connectivity index (χ1v) is 8.58. The van der Waals surface area contributed by atoms with E-state index in [2.05, 4.69) is 15.6 Å². The number of amidine groups is 1. The molecule has 5 nitrogen and oxygen atoms in total. The topological polar surface area (TPSA) is 70.6 Å². The lowest BCUT2D eigenvalue weighted by Gasteiger charge is -2.02. The molecular formula is C17H19N3O2S. The maximum absolute atomic E-state index is 12.0. The molecule has 0 spiro atoms. The van der Waals surface area contributed by atoms with E-state index in [-0.39, 0.29) is 11.8 Å². The molecule has 1 saturated carbocycles. The van der Waals surface area contributed by atoms with E-state index in [1.807, 2.05) is 30.3 Å². The summed E-state index contributed by atoms with van der Waals surface area (Å²) in [5, 5.41) is 6.27. The first-order valence-electron chi connectivity index (χ1n) is 7.76. The summed E-state index contributed by atoms with van der Waals surface area (Å²) in [7, 11) is 0. The minimum absolute atomic E-state index is 0.0994. The summed E-state index contributed by atoms with van der Waals surface area (Å²) in [5.74, 6) is -0.202. The van der Waals surface area contributed by atoms with Crippen LogP contribution < -0.4 is 10.6 Å². The monoisotopic (exact) mass is 329 g/mol. The number of benzene rings is 1. The molecule has 1 aromatic rings. The summed E-state index contributed by atoms with van der Waals surface area (Å²) in [5.41, 5.74) is 1.66. The van der Waals surface area contributed by atoms with E-state index >= 15 is 0 Å². The number of nitrogens with zero attached hydrogens (tertiary/aromatic N) is 1. The molecule has 0 bridgehead atoms. The van der Waals surface area contributed by atoms with Gasteiger partial charge in [-0.25, -0.2) is 0 Å². The van der Waals surface area contributed by atoms with E-state index in [0.717, 1.165) is 24.1 Å². The highest BCUT2D eigenvalue weighted by Gasteiger charge is 2.25. The number of carbonyl (C=O) groups is 2. The van der Waals surface area contributed by atoms with Gasteiger partial charge < -0.3 is 10.6 Å². The van der Waals surface area contributed by atoms with Gasteiger partial charge in [-0.15, -0.1) is 0 Å². The summed E-state index contributed by atoms with van der Waals surface area (Å²) < 4.78 is 0. The van der Waals surface area contributed by atoms with Crippen LogP contribution in [-0.2, 0) is 9.59 Å². The first-order chi connectivity index (χ1) is 11.1. The molecule has 0 radical (unpaired) electrons. The highest BCUT2D eigenvalue weighted by Crippen LogP contribution is 2.29. The van der Waals surface area contributed by atoms with E-state index in [1.165, 1.54) is 31.5 Å². The maximum atomic E-state index is 12.0. The average Bonchev–Trinajstić information content (AvgIpc) is 3.12. The van der Waals surface area contributed by atoms with Gasteiger partial charge in [0.2, 0.25) is 5.91 Å². The predicted molar refractivity (Wildman–Crippen MR) is 94.1 cm³/mol. The zero-order valence-electron chi connectivity index (χ0n) is 13.0. The average molecular weight is 329 g/mol. The molecule has 3 rings (SSSR count). The number of anilines is 1. The van der Waals surface area contributed by atoms with Gasteiger partial charge >= 0.3 is 0 Å². The molecule has 2 aliphatic rings. The first kappa shape index (κ1) is 15.8. The molecule has 0 atom stereocenters. The van der Waals surface area contributed by atoms with Crippen LogP contribution in [0.5, 0.6) is 0 Å². The molecule has 1 saturated heterocycles. The number of amides is 2. The molecule has 1 aromatic carbocycles. The van der Waals surface area contributed by atoms with Gasteiger partial charge in [0.1, 0.15) is 0 Å². The maximum Gasteiger partial charge on any atom is 0.264 e. The molecule has 0 unspecified atom stereocenters. The van der Waals surface area contributed by atoms with Gasteiger partial charge in [-0.2, -0.15) is 0 Å². The van der Waals surface area contributed by atoms with E-state index in [9.17, 15) is 9.59 Å². The molecule has 1 heterocycles. The second-order valence-electron chi connectivity index (χ2n) is 5.74. The molecular weight excluding hydrogens is 310 g/mol. The van der Waals surface area contributed by atoms with Gasteiger partial charge in [-0.3, -0.25) is 14.6 Å². The number of rotatable bonds is 3. The predicted octanol–water partition coefficient (Wildman–Crippen LogP) is 3.15. The molecule has 1 aliphatic carbocycles. The van der Waals surface area contributed by atoms with Crippen molar-refractivity contribution in [1.82, 2.24) is 5.32 Å². The van der Waals surface area contributed by atoms with Gasteiger partial charge in [0.25, 0.3) is 5.91 Å². The van der Waals surface area contributed by atoms with Crippen molar-refractivity contribution in [3.8, 4) is 0 Å². The van der Waals surface area contributed by atoms with Gasteiger partial charge in [-0.05, 0) is 48.4 Å². The van der Waals surface area contributed by atoms with Crippen LogP contribution >= 0.6 is 11.8 Å². The van der Waals surface area contributed by atoms with Gasteiger partial charge in [0.05, 0.1) is 10.9 Å². The van der Waals surface area contributed by atoms with Crippen molar-refractivity contribution in [1.29, 1.82) is 0 Å². The Morgan fingerprint density at radius 1 is 1.30 bits per heavy atom. The SMILES string of the molecule is CC(=O)Nc1ccc(/C=C2/SC(=NC3CCCC3)NC2=O)cc1. The van der Waals surface area contributed by atoms with Crippen LogP contribution in [0.3, 0.4) is 0 Å². The number of hydrogen-bond acceptors (Lipinski definition) is 4. The van der Waals surface area contributed by atoms with Crippen molar-refractivity contribution < 1.29 is 9.59 Å². The van der Waals surface area contributed by atoms with Crippen molar-refractivity contribution in [3.05, 3.63) is 34.7 Å². The zero-order valence-corrected chi connectivity index (χ0v) is 13.8. The Bertz CT molecular complexity index is 674. The number of hydrogen-bond donors (Lipinski definition) is 2. The Morgan fingerprint density at radius 3 is 2.65 bits per heavy atom. The highest BCUT2D eigenvalue weighted by atomic mass is 32.2. The van der Waals surface area contributed by atoms with Crippen molar-refractivity contribution >= 4 is 40.5 Å². The fraction of sp³-hybridized carbons (Fsp3) is 0.353. The minimum atomic E-state index is -0.102. The number of carbonyl (C=O) groups excluding carboxylic acids is 2.